The Hall–Kier alpha value is -1.22. The number of alkyl halides is 6. The summed E-state index contributed by atoms with van der Waals surface area (Å²) < 4.78 is 82.9. The van der Waals surface area contributed by atoms with Gasteiger partial charge in [-0.3, -0.25) is 0 Å². The van der Waals surface area contributed by atoms with Crippen molar-refractivity contribution < 1.29 is 35.5 Å². The number of nitrogens with one attached hydrogen (secondary N) is 1. The molecule has 0 aliphatic rings. The van der Waals surface area contributed by atoms with Crippen LogP contribution in [0.2, 0.25) is 0 Å². The van der Waals surface area contributed by atoms with Gasteiger partial charge in [-0.15, -0.1) is 0 Å². The maximum absolute atomic E-state index is 12.3. The predicted molar refractivity (Wildman–Crippen MR) is 61.4 cm³/mol. The molecule has 0 fully saturated rings. The van der Waals surface area contributed by atoms with Gasteiger partial charge in [0.1, 0.15) is 5.76 Å². The van der Waals surface area contributed by atoms with Crippen LogP contribution in [-0.2, 0) is 17.9 Å². The number of rotatable bonds is 6. The molecular weight excluding hydrogens is 304 g/mol. The van der Waals surface area contributed by atoms with Gasteiger partial charge in [0.2, 0.25) is 6.10 Å². The zero-order valence-electron chi connectivity index (χ0n) is 11.3. The lowest BCUT2D eigenvalue weighted by Crippen LogP contribution is -2.44. The lowest BCUT2D eigenvalue weighted by molar-refractivity contribution is -0.324. The van der Waals surface area contributed by atoms with Crippen molar-refractivity contribution in [1.29, 1.82) is 0 Å². The molecule has 1 aromatic rings. The Morgan fingerprint density at radius 2 is 1.71 bits per heavy atom. The summed E-state index contributed by atoms with van der Waals surface area (Å²) in [5.74, 6) is 0.242. The van der Waals surface area contributed by atoms with Crippen molar-refractivity contribution in [3.63, 3.8) is 0 Å². The summed E-state index contributed by atoms with van der Waals surface area (Å²) in [4.78, 5) is 0. The van der Waals surface area contributed by atoms with Crippen LogP contribution < -0.4 is 5.32 Å². The van der Waals surface area contributed by atoms with Crippen LogP contribution in [0.15, 0.2) is 16.7 Å². The van der Waals surface area contributed by atoms with Crippen LogP contribution in [0, 0.1) is 0 Å². The molecule has 0 amide bonds. The first kappa shape index (κ1) is 17.8. The van der Waals surface area contributed by atoms with Gasteiger partial charge in [0.25, 0.3) is 0 Å². The van der Waals surface area contributed by atoms with E-state index < -0.39 is 25.1 Å². The van der Waals surface area contributed by atoms with Gasteiger partial charge in [-0.1, -0.05) is 13.8 Å². The maximum atomic E-state index is 12.3. The molecule has 0 aromatic carbocycles. The Balaban J connectivity index is 2.71. The van der Waals surface area contributed by atoms with Gasteiger partial charge < -0.3 is 14.5 Å². The molecule has 0 spiro atoms. The van der Waals surface area contributed by atoms with Crippen LogP contribution >= 0.6 is 0 Å². The fourth-order valence-electron chi connectivity index (χ4n) is 1.50. The molecule has 0 saturated heterocycles. The molecule has 0 aliphatic heterocycles. The standard InChI is InChI=1S/C12H15F6NO2/c1-7(2)19-5-9-8(3-4-20-9)6-21-10(11(13,14)15)12(16,17)18/h3-4,7,10,19H,5-6H2,1-2H3. The molecule has 0 atom stereocenters. The number of hydrogen-bond acceptors (Lipinski definition) is 3. The first-order chi connectivity index (χ1) is 9.51. The molecule has 1 rings (SSSR count). The van der Waals surface area contributed by atoms with Gasteiger partial charge in [-0.2, -0.15) is 26.3 Å². The monoisotopic (exact) mass is 319 g/mol. The van der Waals surface area contributed by atoms with Crippen LogP contribution in [0.25, 0.3) is 0 Å². The van der Waals surface area contributed by atoms with E-state index >= 15 is 0 Å². The summed E-state index contributed by atoms with van der Waals surface area (Å²) in [7, 11) is 0. The summed E-state index contributed by atoms with van der Waals surface area (Å²) in [5.41, 5.74) is 0.140. The smallest absolute Gasteiger partial charge is 0.423 e. The van der Waals surface area contributed by atoms with Gasteiger partial charge in [-0.05, 0) is 6.07 Å². The van der Waals surface area contributed by atoms with E-state index in [1.807, 2.05) is 13.8 Å². The third kappa shape index (κ3) is 5.58. The van der Waals surface area contributed by atoms with Crippen LogP contribution in [0.4, 0.5) is 26.3 Å². The molecule has 0 saturated carbocycles. The van der Waals surface area contributed by atoms with Crippen LogP contribution in [-0.4, -0.2) is 24.5 Å². The van der Waals surface area contributed by atoms with Crippen LogP contribution in [0.5, 0.6) is 0 Å². The minimum atomic E-state index is -5.52. The second-order valence-corrected chi connectivity index (χ2v) is 4.68. The Kier molecular flexibility index (Phi) is 5.68. The topological polar surface area (TPSA) is 34.4 Å². The van der Waals surface area contributed by atoms with Crippen molar-refractivity contribution in [2.24, 2.45) is 0 Å². The fraction of sp³-hybridized carbons (Fsp3) is 0.667. The van der Waals surface area contributed by atoms with Crippen molar-refractivity contribution in [3.05, 3.63) is 23.7 Å². The van der Waals surface area contributed by atoms with Gasteiger partial charge in [0, 0.05) is 11.6 Å². The highest BCUT2D eigenvalue weighted by molar-refractivity contribution is 5.16. The Morgan fingerprint density at radius 3 is 2.19 bits per heavy atom. The predicted octanol–water partition coefficient (Wildman–Crippen LogP) is 3.79. The molecule has 1 heterocycles. The second-order valence-electron chi connectivity index (χ2n) is 4.68. The van der Waals surface area contributed by atoms with Crippen molar-refractivity contribution >= 4 is 0 Å². The molecule has 0 unspecified atom stereocenters. The lowest BCUT2D eigenvalue weighted by Gasteiger charge is -2.23. The Bertz CT molecular complexity index is 424. The molecule has 9 heteroatoms. The van der Waals surface area contributed by atoms with Crippen LogP contribution in [0.1, 0.15) is 25.2 Å². The van der Waals surface area contributed by atoms with Crippen molar-refractivity contribution in [1.82, 2.24) is 5.32 Å². The SMILES string of the molecule is CC(C)NCc1occc1COC(C(F)(F)F)C(F)(F)F. The Labute approximate surface area is 117 Å². The molecule has 1 aromatic heterocycles. The quantitative estimate of drug-likeness (QED) is 0.810. The van der Waals surface area contributed by atoms with E-state index in [-0.39, 0.29) is 23.9 Å². The summed E-state index contributed by atoms with van der Waals surface area (Å²) in [5, 5.41) is 2.94. The molecule has 21 heavy (non-hydrogen) atoms. The van der Waals surface area contributed by atoms with E-state index in [1.165, 1.54) is 12.3 Å². The van der Waals surface area contributed by atoms with E-state index in [4.69, 9.17) is 4.42 Å². The molecule has 0 aliphatic carbocycles. The van der Waals surface area contributed by atoms with E-state index in [0.29, 0.717) is 0 Å². The Morgan fingerprint density at radius 1 is 1.14 bits per heavy atom. The van der Waals surface area contributed by atoms with Gasteiger partial charge >= 0.3 is 12.4 Å². The number of furan rings is 1. The molecule has 0 bridgehead atoms. The molecule has 1 N–H and O–H groups in total. The zero-order chi connectivity index (χ0) is 16.3. The average Bonchev–Trinajstić information content (AvgIpc) is 2.70. The van der Waals surface area contributed by atoms with Crippen molar-refractivity contribution in [3.8, 4) is 0 Å². The third-order valence-corrected chi connectivity index (χ3v) is 2.51. The van der Waals surface area contributed by atoms with E-state index in [0.717, 1.165) is 0 Å². The third-order valence-electron chi connectivity index (χ3n) is 2.51. The maximum Gasteiger partial charge on any atom is 0.423 e. The van der Waals surface area contributed by atoms with Gasteiger partial charge in [0.05, 0.1) is 19.4 Å². The van der Waals surface area contributed by atoms with Crippen molar-refractivity contribution in [2.45, 2.75) is 51.5 Å². The van der Waals surface area contributed by atoms with Gasteiger partial charge in [0.15, 0.2) is 0 Å². The number of halogens is 6. The minimum Gasteiger partial charge on any atom is -0.468 e. The molecule has 122 valence electrons. The number of hydrogen-bond donors (Lipinski definition) is 1. The van der Waals surface area contributed by atoms with E-state index in [9.17, 15) is 26.3 Å². The summed E-state index contributed by atoms with van der Waals surface area (Å²) in [6, 6.07) is 1.36. The normalized spacial score (nSPS) is 13.4. The van der Waals surface area contributed by atoms with Gasteiger partial charge in [-0.25, -0.2) is 0 Å². The first-order valence-electron chi connectivity index (χ1n) is 6.05. The highest BCUT2D eigenvalue weighted by Gasteiger charge is 2.58. The second kappa shape index (κ2) is 6.69. The molecule has 0 radical (unpaired) electrons. The zero-order valence-corrected chi connectivity index (χ0v) is 11.3. The molecular formula is C12H15F6NO2. The first-order valence-corrected chi connectivity index (χ1v) is 6.05. The average molecular weight is 319 g/mol. The summed E-state index contributed by atoms with van der Waals surface area (Å²) in [6.45, 7) is 3.02. The highest BCUT2D eigenvalue weighted by Crippen LogP contribution is 2.36. The number of ether oxygens (including phenoxy) is 1. The fourth-order valence-corrected chi connectivity index (χ4v) is 1.50. The largest absolute Gasteiger partial charge is 0.468 e. The van der Waals surface area contributed by atoms with Crippen molar-refractivity contribution in [2.75, 3.05) is 0 Å². The summed E-state index contributed by atoms with van der Waals surface area (Å²) >= 11 is 0. The molecule has 3 nitrogen and oxygen atoms in total. The highest BCUT2D eigenvalue weighted by atomic mass is 19.4. The summed E-state index contributed by atoms with van der Waals surface area (Å²) in [6.07, 6.45) is -13.7. The van der Waals surface area contributed by atoms with E-state index in [1.54, 1.807) is 0 Å². The lowest BCUT2D eigenvalue weighted by atomic mass is 10.2. The minimum absolute atomic E-state index is 0.0852. The van der Waals surface area contributed by atoms with E-state index in [2.05, 4.69) is 10.1 Å². The van der Waals surface area contributed by atoms with Crippen LogP contribution in [0.3, 0.4) is 0 Å².